The fraction of sp³-hybridized carbons (Fsp3) is 0.667. The van der Waals surface area contributed by atoms with Gasteiger partial charge >= 0.3 is 0 Å². The third-order valence-corrected chi connectivity index (χ3v) is 4.83. The van der Waals surface area contributed by atoms with E-state index in [1.807, 2.05) is 0 Å². The third-order valence-electron chi connectivity index (χ3n) is 4.83. The van der Waals surface area contributed by atoms with Crippen LogP contribution < -0.4 is 5.32 Å². The molecule has 0 spiro atoms. The van der Waals surface area contributed by atoms with E-state index in [1.54, 1.807) is 5.56 Å². The second kappa shape index (κ2) is 6.73. The van der Waals surface area contributed by atoms with Crippen LogP contribution in [0.2, 0.25) is 0 Å². The average molecular weight is 272 g/mol. The minimum absolute atomic E-state index is 0.859. The van der Waals surface area contributed by atoms with Gasteiger partial charge in [-0.3, -0.25) is 4.90 Å². The Kier molecular flexibility index (Phi) is 4.74. The highest BCUT2D eigenvalue weighted by Crippen LogP contribution is 2.30. The number of nitrogens with zero attached hydrogens (tertiary/aromatic N) is 1. The Morgan fingerprint density at radius 2 is 1.95 bits per heavy atom. The van der Waals surface area contributed by atoms with Crippen LogP contribution in [0.4, 0.5) is 0 Å². The van der Waals surface area contributed by atoms with Crippen molar-refractivity contribution < 1.29 is 0 Å². The van der Waals surface area contributed by atoms with Crippen LogP contribution in [0.25, 0.3) is 0 Å². The molecule has 1 aromatic rings. The maximum Gasteiger partial charge on any atom is 0.0239 e. The van der Waals surface area contributed by atoms with Gasteiger partial charge in [-0.2, -0.15) is 0 Å². The van der Waals surface area contributed by atoms with Crippen molar-refractivity contribution in [1.29, 1.82) is 0 Å². The number of aryl methyl sites for hydroxylation is 1. The van der Waals surface area contributed by atoms with Crippen molar-refractivity contribution in [3.63, 3.8) is 0 Å². The van der Waals surface area contributed by atoms with Crippen LogP contribution in [0.15, 0.2) is 24.3 Å². The first kappa shape index (κ1) is 14.1. The van der Waals surface area contributed by atoms with Crippen LogP contribution in [0.3, 0.4) is 0 Å². The summed E-state index contributed by atoms with van der Waals surface area (Å²) in [6.07, 6.45) is 6.74. The van der Waals surface area contributed by atoms with Gasteiger partial charge in [-0.05, 0) is 62.2 Å². The van der Waals surface area contributed by atoms with Crippen molar-refractivity contribution in [2.24, 2.45) is 5.92 Å². The Labute approximate surface area is 123 Å². The molecule has 1 N–H and O–H groups in total. The summed E-state index contributed by atoms with van der Waals surface area (Å²) in [7, 11) is 0. The standard InChI is InChI=1S/C18H28N2/c1-2-16-7-3-4-8-17(16)14-20(18-9-10-18)13-15-6-5-11-19-12-15/h3-4,7-8,15,18-19H,2,5-6,9-14H2,1H3. The molecule has 1 atom stereocenters. The molecule has 2 aliphatic rings. The summed E-state index contributed by atoms with van der Waals surface area (Å²) < 4.78 is 0. The molecule has 1 saturated carbocycles. The number of rotatable bonds is 6. The molecule has 1 heterocycles. The van der Waals surface area contributed by atoms with E-state index in [0.29, 0.717) is 0 Å². The van der Waals surface area contributed by atoms with E-state index in [9.17, 15) is 0 Å². The van der Waals surface area contributed by atoms with Crippen LogP contribution in [-0.4, -0.2) is 30.6 Å². The monoisotopic (exact) mass is 272 g/mol. The maximum absolute atomic E-state index is 3.56. The van der Waals surface area contributed by atoms with Gasteiger partial charge < -0.3 is 5.32 Å². The topological polar surface area (TPSA) is 15.3 Å². The molecule has 1 saturated heterocycles. The van der Waals surface area contributed by atoms with Gasteiger partial charge in [0.2, 0.25) is 0 Å². The Hall–Kier alpha value is -0.860. The summed E-state index contributed by atoms with van der Waals surface area (Å²) in [5.74, 6) is 0.859. The molecule has 0 radical (unpaired) electrons. The summed E-state index contributed by atoms with van der Waals surface area (Å²) in [5.41, 5.74) is 3.07. The Morgan fingerprint density at radius 1 is 1.15 bits per heavy atom. The molecule has 2 nitrogen and oxygen atoms in total. The quantitative estimate of drug-likeness (QED) is 0.855. The molecule has 1 unspecified atom stereocenters. The van der Waals surface area contributed by atoms with Gasteiger partial charge in [-0.1, -0.05) is 31.2 Å². The SMILES string of the molecule is CCc1ccccc1CN(CC1CCCNC1)C1CC1. The molecular formula is C18H28N2. The lowest BCUT2D eigenvalue weighted by molar-refractivity contribution is 0.192. The summed E-state index contributed by atoms with van der Waals surface area (Å²) >= 11 is 0. The van der Waals surface area contributed by atoms with Gasteiger partial charge in [0.1, 0.15) is 0 Å². The molecule has 0 aromatic heterocycles. The van der Waals surface area contributed by atoms with Gasteiger partial charge in [0.05, 0.1) is 0 Å². The van der Waals surface area contributed by atoms with Crippen LogP contribution in [0, 0.1) is 5.92 Å². The van der Waals surface area contributed by atoms with Crippen molar-refractivity contribution >= 4 is 0 Å². The highest BCUT2D eigenvalue weighted by atomic mass is 15.2. The van der Waals surface area contributed by atoms with E-state index in [4.69, 9.17) is 0 Å². The smallest absolute Gasteiger partial charge is 0.0239 e. The number of hydrogen-bond acceptors (Lipinski definition) is 2. The molecule has 1 aromatic carbocycles. The first-order chi connectivity index (χ1) is 9.86. The molecule has 3 rings (SSSR count). The zero-order chi connectivity index (χ0) is 13.8. The first-order valence-electron chi connectivity index (χ1n) is 8.38. The van der Waals surface area contributed by atoms with Gasteiger partial charge in [-0.15, -0.1) is 0 Å². The Balaban J connectivity index is 1.64. The fourth-order valence-electron chi connectivity index (χ4n) is 3.47. The Morgan fingerprint density at radius 3 is 2.60 bits per heavy atom. The van der Waals surface area contributed by atoms with Crippen molar-refractivity contribution in [3.05, 3.63) is 35.4 Å². The number of nitrogens with one attached hydrogen (secondary N) is 1. The number of piperidine rings is 1. The van der Waals surface area contributed by atoms with Crippen molar-refractivity contribution in [3.8, 4) is 0 Å². The highest BCUT2D eigenvalue weighted by Gasteiger charge is 2.31. The molecule has 1 aliphatic carbocycles. The van der Waals surface area contributed by atoms with Gasteiger partial charge in [0.25, 0.3) is 0 Å². The molecular weight excluding hydrogens is 244 g/mol. The molecule has 20 heavy (non-hydrogen) atoms. The van der Waals surface area contributed by atoms with Crippen LogP contribution in [0.1, 0.15) is 43.7 Å². The lowest BCUT2D eigenvalue weighted by Gasteiger charge is -2.30. The highest BCUT2D eigenvalue weighted by molar-refractivity contribution is 5.27. The van der Waals surface area contributed by atoms with Crippen molar-refractivity contribution in [2.75, 3.05) is 19.6 Å². The van der Waals surface area contributed by atoms with E-state index in [-0.39, 0.29) is 0 Å². The van der Waals surface area contributed by atoms with E-state index >= 15 is 0 Å². The van der Waals surface area contributed by atoms with E-state index < -0.39 is 0 Å². The van der Waals surface area contributed by atoms with Crippen molar-refractivity contribution in [1.82, 2.24) is 10.2 Å². The number of hydrogen-bond donors (Lipinski definition) is 1. The molecule has 0 bridgehead atoms. The fourth-order valence-corrected chi connectivity index (χ4v) is 3.47. The van der Waals surface area contributed by atoms with E-state index in [2.05, 4.69) is 41.4 Å². The van der Waals surface area contributed by atoms with E-state index in [0.717, 1.165) is 24.9 Å². The van der Waals surface area contributed by atoms with Gasteiger partial charge in [0.15, 0.2) is 0 Å². The lowest BCUT2D eigenvalue weighted by atomic mass is 9.98. The normalized spacial score (nSPS) is 23.2. The molecule has 1 aliphatic heterocycles. The van der Waals surface area contributed by atoms with Crippen LogP contribution in [-0.2, 0) is 13.0 Å². The third kappa shape index (κ3) is 3.62. The average Bonchev–Trinajstić information content (AvgIpc) is 3.33. The van der Waals surface area contributed by atoms with Crippen molar-refractivity contribution in [2.45, 2.75) is 51.6 Å². The van der Waals surface area contributed by atoms with Crippen LogP contribution in [0.5, 0.6) is 0 Å². The minimum atomic E-state index is 0.859. The summed E-state index contributed by atoms with van der Waals surface area (Å²) in [4.78, 5) is 2.76. The largest absolute Gasteiger partial charge is 0.316 e. The second-order valence-electron chi connectivity index (χ2n) is 6.50. The lowest BCUT2D eigenvalue weighted by Crippen LogP contribution is -2.39. The summed E-state index contributed by atoms with van der Waals surface area (Å²) in [6, 6.07) is 9.86. The first-order valence-corrected chi connectivity index (χ1v) is 8.38. The molecule has 110 valence electrons. The summed E-state index contributed by atoms with van der Waals surface area (Å²) in [5, 5.41) is 3.56. The molecule has 2 heteroatoms. The molecule has 2 fully saturated rings. The van der Waals surface area contributed by atoms with Gasteiger partial charge in [0, 0.05) is 19.1 Å². The predicted octanol–water partition coefficient (Wildman–Crippen LogP) is 3.21. The summed E-state index contributed by atoms with van der Waals surface area (Å²) in [6.45, 7) is 7.16. The van der Waals surface area contributed by atoms with Crippen LogP contribution >= 0.6 is 0 Å². The zero-order valence-corrected chi connectivity index (χ0v) is 12.8. The molecule has 0 amide bonds. The second-order valence-corrected chi connectivity index (χ2v) is 6.50. The van der Waals surface area contributed by atoms with E-state index in [1.165, 1.54) is 50.9 Å². The predicted molar refractivity (Wildman–Crippen MR) is 84.8 cm³/mol. The maximum atomic E-state index is 3.56. The number of benzene rings is 1. The zero-order valence-electron chi connectivity index (χ0n) is 12.8. The Bertz CT molecular complexity index is 419. The van der Waals surface area contributed by atoms with Gasteiger partial charge in [-0.25, -0.2) is 0 Å². The minimum Gasteiger partial charge on any atom is -0.316 e.